The van der Waals surface area contributed by atoms with E-state index in [-0.39, 0.29) is 5.91 Å². The number of hydrogen-bond acceptors (Lipinski definition) is 4. The van der Waals surface area contributed by atoms with Crippen molar-refractivity contribution in [3.63, 3.8) is 0 Å². The lowest BCUT2D eigenvalue weighted by atomic mass is 9.99. The lowest BCUT2D eigenvalue weighted by molar-refractivity contribution is 0.0765. The van der Waals surface area contributed by atoms with Crippen molar-refractivity contribution in [1.82, 2.24) is 19.4 Å². The maximum atomic E-state index is 12.4. The Bertz CT molecular complexity index is 633. The zero-order chi connectivity index (χ0) is 14.8. The predicted octanol–water partition coefficient (Wildman–Crippen LogP) is 2.24. The van der Waals surface area contributed by atoms with Gasteiger partial charge in [0.1, 0.15) is 10.7 Å². The number of amides is 1. The van der Waals surface area contributed by atoms with Gasteiger partial charge in [-0.05, 0) is 18.8 Å². The van der Waals surface area contributed by atoms with E-state index >= 15 is 0 Å². The van der Waals surface area contributed by atoms with Crippen LogP contribution >= 0.6 is 11.3 Å². The van der Waals surface area contributed by atoms with Crippen LogP contribution in [0.5, 0.6) is 0 Å². The van der Waals surface area contributed by atoms with E-state index in [9.17, 15) is 4.79 Å². The van der Waals surface area contributed by atoms with Crippen molar-refractivity contribution < 1.29 is 4.79 Å². The first-order chi connectivity index (χ1) is 10.2. The fourth-order valence-electron chi connectivity index (χ4n) is 2.82. The van der Waals surface area contributed by atoms with Gasteiger partial charge in [-0.25, -0.2) is 9.97 Å². The number of carbonyl (C=O) groups excluding carboxylic acids is 1. The van der Waals surface area contributed by atoms with Gasteiger partial charge < -0.3 is 9.47 Å². The van der Waals surface area contributed by atoms with Gasteiger partial charge in [-0.15, -0.1) is 11.3 Å². The third-order valence-corrected chi connectivity index (χ3v) is 5.11. The number of hydrogen-bond donors (Lipinski definition) is 0. The molecular formula is C15H20N4OS. The van der Waals surface area contributed by atoms with Crippen molar-refractivity contribution in [2.24, 2.45) is 5.92 Å². The van der Waals surface area contributed by atoms with Crippen LogP contribution in [-0.4, -0.2) is 38.9 Å². The van der Waals surface area contributed by atoms with Gasteiger partial charge in [-0.1, -0.05) is 6.92 Å². The molecule has 0 saturated carbocycles. The number of aromatic nitrogens is 3. The van der Waals surface area contributed by atoms with Crippen LogP contribution in [0.15, 0.2) is 18.6 Å². The quantitative estimate of drug-likeness (QED) is 0.870. The van der Waals surface area contributed by atoms with Gasteiger partial charge in [0.15, 0.2) is 0 Å². The Morgan fingerprint density at radius 1 is 1.52 bits per heavy atom. The average molecular weight is 304 g/mol. The van der Waals surface area contributed by atoms with Crippen molar-refractivity contribution in [3.8, 4) is 0 Å². The fourth-order valence-corrected chi connectivity index (χ4v) is 3.67. The number of rotatable bonds is 4. The average Bonchev–Trinajstić information content (AvgIpc) is 3.14. The van der Waals surface area contributed by atoms with Gasteiger partial charge in [0, 0.05) is 39.0 Å². The van der Waals surface area contributed by atoms with E-state index in [1.807, 2.05) is 24.3 Å². The highest BCUT2D eigenvalue weighted by Crippen LogP contribution is 2.21. The van der Waals surface area contributed by atoms with E-state index in [4.69, 9.17) is 0 Å². The van der Waals surface area contributed by atoms with Crippen LogP contribution in [0.2, 0.25) is 0 Å². The van der Waals surface area contributed by atoms with Crippen molar-refractivity contribution in [3.05, 3.63) is 34.3 Å². The highest BCUT2D eigenvalue weighted by molar-refractivity contribution is 7.13. The van der Waals surface area contributed by atoms with Crippen LogP contribution in [-0.2, 0) is 19.4 Å². The number of nitrogens with zero attached hydrogens (tertiary/aromatic N) is 4. The first-order valence-electron chi connectivity index (χ1n) is 7.37. The molecule has 3 heterocycles. The molecule has 1 atom stereocenters. The molecule has 2 aromatic heterocycles. The molecule has 0 radical (unpaired) electrons. The molecule has 5 nitrogen and oxygen atoms in total. The molecule has 6 heteroatoms. The lowest BCUT2D eigenvalue weighted by Gasteiger charge is -2.27. The summed E-state index contributed by atoms with van der Waals surface area (Å²) in [6, 6.07) is 0. The Labute approximate surface area is 128 Å². The predicted molar refractivity (Wildman–Crippen MR) is 82.5 cm³/mol. The van der Waals surface area contributed by atoms with E-state index in [1.54, 1.807) is 6.20 Å². The molecule has 3 rings (SSSR count). The molecule has 0 N–H and O–H groups in total. The molecule has 1 aliphatic heterocycles. The number of imidazole rings is 1. The molecule has 21 heavy (non-hydrogen) atoms. The number of thiazole rings is 1. The molecule has 0 spiro atoms. The van der Waals surface area contributed by atoms with Crippen LogP contribution in [0.4, 0.5) is 0 Å². The van der Waals surface area contributed by atoms with Gasteiger partial charge in [0.05, 0.1) is 11.2 Å². The minimum atomic E-state index is 0.0867. The molecule has 0 unspecified atom stereocenters. The topological polar surface area (TPSA) is 51.0 Å². The van der Waals surface area contributed by atoms with Crippen molar-refractivity contribution >= 4 is 17.2 Å². The van der Waals surface area contributed by atoms with E-state index in [2.05, 4.69) is 21.5 Å². The summed E-state index contributed by atoms with van der Waals surface area (Å²) in [6.45, 7) is 3.80. The van der Waals surface area contributed by atoms with Crippen LogP contribution in [0, 0.1) is 5.92 Å². The Kier molecular flexibility index (Phi) is 4.05. The SMILES string of the molecule is CCc1ncc(C(=O)N(C)C[C@@H]2CCc3nccn3C2)s1. The second-order valence-corrected chi connectivity index (χ2v) is 6.67. The Hall–Kier alpha value is -1.69. The summed E-state index contributed by atoms with van der Waals surface area (Å²) in [5, 5.41) is 1.02. The molecule has 1 amide bonds. The van der Waals surface area contributed by atoms with Crippen LogP contribution in [0.3, 0.4) is 0 Å². The first-order valence-corrected chi connectivity index (χ1v) is 8.19. The van der Waals surface area contributed by atoms with Crippen LogP contribution in [0.25, 0.3) is 0 Å². The normalized spacial score (nSPS) is 17.5. The molecule has 0 aromatic carbocycles. The number of fused-ring (bicyclic) bond motifs is 1. The zero-order valence-electron chi connectivity index (χ0n) is 12.5. The zero-order valence-corrected chi connectivity index (χ0v) is 13.3. The minimum absolute atomic E-state index is 0.0867. The van der Waals surface area contributed by atoms with Gasteiger partial charge in [0.25, 0.3) is 5.91 Å². The van der Waals surface area contributed by atoms with Gasteiger partial charge >= 0.3 is 0 Å². The van der Waals surface area contributed by atoms with E-state index in [0.717, 1.165) is 48.1 Å². The summed E-state index contributed by atoms with van der Waals surface area (Å²) in [5.41, 5.74) is 0. The van der Waals surface area contributed by atoms with E-state index < -0.39 is 0 Å². The molecule has 2 aromatic rings. The highest BCUT2D eigenvalue weighted by Gasteiger charge is 2.23. The summed E-state index contributed by atoms with van der Waals surface area (Å²) >= 11 is 1.50. The highest BCUT2D eigenvalue weighted by atomic mass is 32.1. The number of aryl methyl sites for hydroxylation is 2. The minimum Gasteiger partial charge on any atom is -0.341 e. The molecule has 0 saturated heterocycles. The molecule has 0 bridgehead atoms. The van der Waals surface area contributed by atoms with E-state index in [1.165, 1.54) is 11.3 Å². The third kappa shape index (κ3) is 3.00. The third-order valence-electron chi connectivity index (χ3n) is 3.98. The summed E-state index contributed by atoms with van der Waals surface area (Å²) < 4.78 is 2.20. The summed E-state index contributed by atoms with van der Waals surface area (Å²) in [4.78, 5) is 23.6. The monoisotopic (exact) mass is 304 g/mol. The second-order valence-electron chi connectivity index (χ2n) is 5.56. The van der Waals surface area contributed by atoms with Crippen molar-refractivity contribution in [1.29, 1.82) is 0 Å². The largest absolute Gasteiger partial charge is 0.341 e. The van der Waals surface area contributed by atoms with Crippen molar-refractivity contribution in [2.45, 2.75) is 32.7 Å². The van der Waals surface area contributed by atoms with Gasteiger partial charge in [-0.3, -0.25) is 4.79 Å². The van der Waals surface area contributed by atoms with Crippen molar-refractivity contribution in [2.75, 3.05) is 13.6 Å². The standard InChI is InChI=1S/C15H20N4OS/c1-3-14-17-8-12(21-14)15(20)18(2)9-11-4-5-13-16-6-7-19(13)10-11/h6-8,11H,3-5,9-10H2,1-2H3/t11-/m0/s1. The van der Waals surface area contributed by atoms with Crippen LogP contribution < -0.4 is 0 Å². The lowest BCUT2D eigenvalue weighted by Crippen LogP contribution is -2.35. The molecular weight excluding hydrogens is 284 g/mol. The smallest absolute Gasteiger partial charge is 0.265 e. The molecule has 1 aliphatic rings. The Morgan fingerprint density at radius 3 is 3.14 bits per heavy atom. The van der Waals surface area contributed by atoms with Gasteiger partial charge in [-0.2, -0.15) is 0 Å². The maximum Gasteiger partial charge on any atom is 0.265 e. The second kappa shape index (κ2) is 5.97. The number of carbonyl (C=O) groups is 1. The summed E-state index contributed by atoms with van der Waals surface area (Å²) in [6.07, 6.45) is 8.57. The fraction of sp³-hybridized carbons (Fsp3) is 0.533. The Morgan fingerprint density at radius 2 is 2.38 bits per heavy atom. The molecule has 0 fully saturated rings. The van der Waals surface area contributed by atoms with Gasteiger partial charge in [0.2, 0.25) is 0 Å². The summed E-state index contributed by atoms with van der Waals surface area (Å²) in [7, 11) is 1.89. The van der Waals surface area contributed by atoms with Crippen LogP contribution in [0.1, 0.15) is 33.8 Å². The maximum absolute atomic E-state index is 12.4. The molecule has 0 aliphatic carbocycles. The van der Waals surface area contributed by atoms with E-state index in [0.29, 0.717) is 5.92 Å². The Balaban J connectivity index is 1.61. The first kappa shape index (κ1) is 14.3. The summed E-state index contributed by atoms with van der Waals surface area (Å²) in [5.74, 6) is 1.75. The molecule has 112 valence electrons.